The molecule has 1 saturated heterocycles. The van der Waals surface area contributed by atoms with E-state index in [4.69, 9.17) is 10.5 Å². The number of carbonyl (C=O) groups excluding carboxylic acids is 1. The quantitative estimate of drug-likeness (QED) is 0.792. The molecule has 0 aromatic heterocycles. The average molecular weight is 385 g/mol. The van der Waals surface area contributed by atoms with Gasteiger partial charge in [0.2, 0.25) is 15.9 Å². The minimum Gasteiger partial charge on any atom is -0.379 e. The van der Waals surface area contributed by atoms with E-state index >= 15 is 0 Å². The second-order valence-electron chi connectivity index (χ2n) is 6.68. The van der Waals surface area contributed by atoms with Crippen molar-refractivity contribution in [2.75, 3.05) is 38.2 Å². The molecule has 0 spiro atoms. The number of nitrogens with one attached hydrogen (secondary N) is 1. The van der Waals surface area contributed by atoms with E-state index in [1.165, 1.54) is 16.4 Å². The van der Waals surface area contributed by atoms with Crippen LogP contribution in [0.1, 0.15) is 19.3 Å². The molecular formula is C17H24FN3O4S. The maximum Gasteiger partial charge on any atom is 0.246 e. The number of anilines is 1. The number of hydrogen-bond acceptors (Lipinski definition) is 5. The van der Waals surface area contributed by atoms with Gasteiger partial charge in [-0.3, -0.25) is 4.79 Å². The maximum absolute atomic E-state index is 14.2. The summed E-state index contributed by atoms with van der Waals surface area (Å²) in [6.07, 6.45) is 2.61. The van der Waals surface area contributed by atoms with Crippen molar-refractivity contribution in [3.63, 3.8) is 0 Å². The molecule has 3 rings (SSSR count). The average Bonchev–Trinajstić information content (AvgIpc) is 3.13. The summed E-state index contributed by atoms with van der Waals surface area (Å²) in [4.78, 5) is 12.1. The molecule has 1 saturated carbocycles. The second kappa shape index (κ2) is 7.99. The highest BCUT2D eigenvalue weighted by Crippen LogP contribution is 2.32. The van der Waals surface area contributed by atoms with Gasteiger partial charge in [-0.15, -0.1) is 0 Å². The smallest absolute Gasteiger partial charge is 0.246 e. The van der Waals surface area contributed by atoms with Crippen LogP contribution in [0.4, 0.5) is 10.1 Å². The van der Waals surface area contributed by atoms with Crippen molar-refractivity contribution in [1.29, 1.82) is 0 Å². The molecule has 3 N–H and O–H groups in total. The molecule has 0 unspecified atom stereocenters. The van der Waals surface area contributed by atoms with Gasteiger partial charge in [-0.1, -0.05) is 6.42 Å². The Kier molecular flexibility index (Phi) is 5.91. The standard InChI is InChI=1S/C17H24FN3O4S/c18-15-5-4-13(20-17(22)14-3-1-2-12(14)11-19)10-16(15)26(23,24)21-6-8-25-9-7-21/h4-5,10,12,14H,1-3,6-9,11,19H2,(H,20,22)/t12-,14-/m1/s1. The maximum atomic E-state index is 14.2. The molecule has 9 heteroatoms. The Balaban J connectivity index is 1.80. The Labute approximate surface area is 152 Å². The van der Waals surface area contributed by atoms with Crippen LogP contribution in [0.5, 0.6) is 0 Å². The van der Waals surface area contributed by atoms with Crippen molar-refractivity contribution >= 4 is 21.6 Å². The Bertz CT molecular complexity index is 765. The first-order chi connectivity index (χ1) is 12.4. The van der Waals surface area contributed by atoms with E-state index in [2.05, 4.69) is 5.32 Å². The minimum absolute atomic E-state index is 0.131. The molecule has 7 nitrogen and oxygen atoms in total. The van der Waals surface area contributed by atoms with Crippen molar-refractivity contribution in [3.8, 4) is 0 Å². The van der Waals surface area contributed by atoms with Gasteiger partial charge >= 0.3 is 0 Å². The van der Waals surface area contributed by atoms with Crippen LogP contribution in [0.3, 0.4) is 0 Å². The summed E-state index contributed by atoms with van der Waals surface area (Å²) < 4.78 is 46.0. The zero-order chi connectivity index (χ0) is 18.7. The Morgan fingerprint density at radius 1 is 1.31 bits per heavy atom. The van der Waals surface area contributed by atoms with Crippen molar-refractivity contribution in [2.45, 2.75) is 24.2 Å². The van der Waals surface area contributed by atoms with E-state index in [0.29, 0.717) is 6.54 Å². The van der Waals surface area contributed by atoms with Crippen LogP contribution < -0.4 is 11.1 Å². The number of hydrogen-bond donors (Lipinski definition) is 2. The van der Waals surface area contributed by atoms with E-state index in [9.17, 15) is 17.6 Å². The fourth-order valence-electron chi connectivity index (χ4n) is 3.60. The van der Waals surface area contributed by atoms with Crippen molar-refractivity contribution in [2.24, 2.45) is 17.6 Å². The van der Waals surface area contributed by atoms with Gasteiger partial charge in [-0.25, -0.2) is 12.8 Å². The van der Waals surface area contributed by atoms with Crippen LogP contribution >= 0.6 is 0 Å². The number of morpholine rings is 1. The number of amides is 1. The number of benzene rings is 1. The van der Waals surface area contributed by atoms with Crippen LogP contribution in [0.2, 0.25) is 0 Å². The van der Waals surface area contributed by atoms with Crippen molar-refractivity contribution in [1.82, 2.24) is 4.31 Å². The first kappa shape index (κ1) is 19.2. The van der Waals surface area contributed by atoms with Gasteiger partial charge < -0.3 is 15.8 Å². The predicted molar refractivity (Wildman–Crippen MR) is 94.5 cm³/mol. The van der Waals surface area contributed by atoms with Crippen LogP contribution in [-0.2, 0) is 19.6 Å². The summed E-state index contributed by atoms with van der Waals surface area (Å²) >= 11 is 0. The lowest BCUT2D eigenvalue weighted by atomic mass is 9.95. The molecule has 2 fully saturated rings. The molecule has 2 atom stereocenters. The largest absolute Gasteiger partial charge is 0.379 e. The highest BCUT2D eigenvalue weighted by atomic mass is 32.2. The van der Waals surface area contributed by atoms with Gasteiger partial charge in [0.25, 0.3) is 0 Å². The number of carbonyl (C=O) groups is 1. The van der Waals surface area contributed by atoms with Crippen molar-refractivity contribution < 1.29 is 22.3 Å². The summed E-state index contributed by atoms with van der Waals surface area (Å²) in [6.45, 7) is 1.36. The SMILES string of the molecule is NC[C@H]1CCC[C@H]1C(=O)Nc1ccc(F)c(S(=O)(=O)N2CCOCC2)c1. The monoisotopic (exact) mass is 385 g/mol. The molecule has 1 aromatic carbocycles. The first-order valence-corrected chi connectivity index (χ1v) is 10.3. The van der Waals surface area contributed by atoms with Gasteiger partial charge in [0.15, 0.2) is 0 Å². The third-order valence-electron chi connectivity index (χ3n) is 5.09. The molecule has 1 aliphatic heterocycles. The molecule has 1 amide bonds. The van der Waals surface area contributed by atoms with Crippen LogP contribution in [0, 0.1) is 17.7 Å². The Morgan fingerprint density at radius 3 is 2.73 bits per heavy atom. The molecule has 26 heavy (non-hydrogen) atoms. The molecule has 0 bridgehead atoms. The summed E-state index contributed by atoms with van der Waals surface area (Å²) in [5.41, 5.74) is 5.98. The van der Waals surface area contributed by atoms with Crippen LogP contribution in [-0.4, -0.2) is 51.5 Å². The molecule has 1 heterocycles. The fourth-order valence-corrected chi connectivity index (χ4v) is 5.10. The van der Waals surface area contributed by atoms with Crippen molar-refractivity contribution in [3.05, 3.63) is 24.0 Å². The van der Waals surface area contributed by atoms with Crippen LogP contribution in [0.25, 0.3) is 0 Å². The van der Waals surface area contributed by atoms with Gasteiger partial charge in [-0.05, 0) is 43.5 Å². The number of halogens is 1. The molecular weight excluding hydrogens is 361 g/mol. The molecule has 1 aliphatic carbocycles. The normalized spacial score (nSPS) is 24.5. The van der Waals surface area contributed by atoms with Gasteiger partial charge in [-0.2, -0.15) is 4.31 Å². The van der Waals surface area contributed by atoms with Gasteiger partial charge in [0.05, 0.1) is 13.2 Å². The van der Waals surface area contributed by atoms with E-state index in [1.807, 2.05) is 0 Å². The van der Waals surface area contributed by atoms with Crippen LogP contribution in [0.15, 0.2) is 23.1 Å². The summed E-state index contributed by atoms with van der Waals surface area (Å²) in [6, 6.07) is 3.63. The third-order valence-corrected chi connectivity index (χ3v) is 7.00. The third kappa shape index (κ3) is 3.90. The van der Waals surface area contributed by atoms with Gasteiger partial charge in [0, 0.05) is 24.7 Å². The molecule has 2 aliphatic rings. The lowest BCUT2D eigenvalue weighted by Gasteiger charge is -2.26. The number of rotatable bonds is 5. The number of nitrogens with zero attached hydrogens (tertiary/aromatic N) is 1. The topological polar surface area (TPSA) is 102 Å². The second-order valence-corrected chi connectivity index (χ2v) is 8.59. The van der Waals surface area contributed by atoms with E-state index < -0.39 is 20.7 Å². The first-order valence-electron chi connectivity index (χ1n) is 8.82. The number of nitrogens with two attached hydrogens (primary N) is 1. The minimum atomic E-state index is -3.98. The fraction of sp³-hybridized carbons (Fsp3) is 0.588. The summed E-state index contributed by atoms with van der Waals surface area (Å²) in [5.74, 6) is -1.09. The van der Waals surface area contributed by atoms with Gasteiger partial charge in [0.1, 0.15) is 10.7 Å². The molecule has 144 valence electrons. The zero-order valence-corrected chi connectivity index (χ0v) is 15.3. The van der Waals surface area contributed by atoms with E-state index in [0.717, 1.165) is 25.3 Å². The number of ether oxygens (including phenoxy) is 1. The van der Waals surface area contributed by atoms with E-state index in [-0.39, 0.29) is 49.7 Å². The molecule has 1 aromatic rings. The highest BCUT2D eigenvalue weighted by Gasteiger charge is 2.33. The van der Waals surface area contributed by atoms with E-state index in [1.54, 1.807) is 0 Å². The molecule has 0 radical (unpaired) electrons. The Hall–Kier alpha value is -1.55. The summed E-state index contributed by atoms with van der Waals surface area (Å²) in [5, 5.41) is 2.72. The Morgan fingerprint density at radius 2 is 2.04 bits per heavy atom. The lowest BCUT2D eigenvalue weighted by molar-refractivity contribution is -0.120. The zero-order valence-electron chi connectivity index (χ0n) is 14.5. The highest BCUT2D eigenvalue weighted by molar-refractivity contribution is 7.89. The summed E-state index contributed by atoms with van der Waals surface area (Å²) in [7, 11) is -3.98. The number of sulfonamides is 1. The lowest BCUT2D eigenvalue weighted by Crippen LogP contribution is -2.41. The predicted octanol–water partition coefficient (Wildman–Crippen LogP) is 1.16.